The monoisotopic (exact) mass is 202 g/mol. The third-order valence-electron chi connectivity index (χ3n) is 1.93. The van der Waals surface area contributed by atoms with Crippen LogP contribution in [-0.2, 0) is 0 Å². The van der Waals surface area contributed by atoms with E-state index in [-0.39, 0.29) is 5.95 Å². The smallest absolute Gasteiger partial charge is 0.239 e. The van der Waals surface area contributed by atoms with Gasteiger partial charge in [-0.15, -0.1) is 5.10 Å². The van der Waals surface area contributed by atoms with E-state index in [0.29, 0.717) is 17.0 Å². The lowest BCUT2D eigenvalue weighted by Crippen LogP contribution is -2.01. The molecule has 3 aromatic heterocycles. The molecule has 3 aromatic rings. The molecule has 0 aliphatic carbocycles. The van der Waals surface area contributed by atoms with Gasteiger partial charge < -0.3 is 10.7 Å². The Morgan fingerprint density at radius 1 is 1.20 bits per heavy atom. The molecule has 0 saturated heterocycles. The third-order valence-corrected chi connectivity index (χ3v) is 1.93. The number of fused-ring (bicyclic) bond motifs is 1. The predicted octanol–water partition coefficient (Wildman–Crippen LogP) is -0.484. The van der Waals surface area contributed by atoms with E-state index in [0.717, 1.165) is 0 Å². The summed E-state index contributed by atoms with van der Waals surface area (Å²) >= 11 is 0. The van der Waals surface area contributed by atoms with Crippen molar-refractivity contribution in [2.24, 2.45) is 0 Å². The van der Waals surface area contributed by atoms with Crippen LogP contribution in [-0.4, -0.2) is 34.7 Å². The molecule has 0 atom stereocenters. The second-order valence-electron chi connectivity index (χ2n) is 2.85. The van der Waals surface area contributed by atoms with E-state index in [2.05, 4.69) is 30.0 Å². The Labute approximate surface area is 83.2 Å². The molecule has 8 nitrogen and oxygen atoms in total. The minimum absolute atomic E-state index is 0.196. The molecule has 0 fully saturated rings. The SMILES string of the molecule is Nc1ncn(-c2ncnc3nc[nH]c23)n1. The maximum atomic E-state index is 5.42. The molecule has 0 bridgehead atoms. The molecule has 0 amide bonds. The number of aromatic nitrogens is 7. The van der Waals surface area contributed by atoms with Crippen molar-refractivity contribution >= 4 is 17.1 Å². The number of aromatic amines is 1. The summed E-state index contributed by atoms with van der Waals surface area (Å²) in [4.78, 5) is 18.8. The summed E-state index contributed by atoms with van der Waals surface area (Å²) in [5.74, 6) is 0.767. The van der Waals surface area contributed by atoms with Crippen molar-refractivity contribution in [2.75, 3.05) is 5.73 Å². The van der Waals surface area contributed by atoms with Crippen LogP contribution in [0.5, 0.6) is 0 Å². The zero-order chi connectivity index (χ0) is 10.3. The lowest BCUT2D eigenvalue weighted by molar-refractivity contribution is 0.850. The largest absolute Gasteiger partial charge is 0.366 e. The van der Waals surface area contributed by atoms with Crippen molar-refractivity contribution in [3.63, 3.8) is 0 Å². The van der Waals surface area contributed by atoms with Crippen LogP contribution in [0.2, 0.25) is 0 Å². The number of nitrogens with two attached hydrogens (primary N) is 1. The highest BCUT2D eigenvalue weighted by atomic mass is 15.4. The first-order valence-corrected chi connectivity index (χ1v) is 4.16. The molecule has 74 valence electrons. The lowest BCUT2D eigenvalue weighted by atomic mass is 10.5. The molecular weight excluding hydrogens is 196 g/mol. The van der Waals surface area contributed by atoms with Crippen molar-refractivity contribution in [3.05, 3.63) is 19.0 Å². The van der Waals surface area contributed by atoms with Crippen molar-refractivity contribution < 1.29 is 0 Å². The molecule has 3 heterocycles. The fourth-order valence-corrected chi connectivity index (χ4v) is 1.30. The zero-order valence-electron chi connectivity index (χ0n) is 7.49. The van der Waals surface area contributed by atoms with E-state index in [4.69, 9.17) is 5.73 Å². The number of nitrogens with one attached hydrogen (secondary N) is 1. The van der Waals surface area contributed by atoms with Crippen LogP contribution >= 0.6 is 0 Å². The summed E-state index contributed by atoms with van der Waals surface area (Å²) in [6, 6.07) is 0. The highest BCUT2D eigenvalue weighted by Gasteiger charge is 2.08. The van der Waals surface area contributed by atoms with Gasteiger partial charge in [-0.05, 0) is 0 Å². The third kappa shape index (κ3) is 1.11. The summed E-state index contributed by atoms with van der Waals surface area (Å²) in [5, 5.41) is 3.96. The molecule has 8 heteroatoms. The zero-order valence-corrected chi connectivity index (χ0v) is 7.49. The minimum atomic E-state index is 0.196. The Balaban J connectivity index is 2.30. The maximum absolute atomic E-state index is 5.42. The molecule has 0 saturated carbocycles. The summed E-state index contributed by atoms with van der Waals surface area (Å²) in [6.07, 6.45) is 4.44. The Morgan fingerprint density at radius 3 is 2.93 bits per heavy atom. The molecule has 0 aliphatic rings. The predicted molar refractivity (Wildman–Crippen MR) is 51.0 cm³/mol. The van der Waals surface area contributed by atoms with E-state index < -0.39 is 0 Å². The number of hydrogen-bond donors (Lipinski definition) is 2. The van der Waals surface area contributed by atoms with Crippen molar-refractivity contribution in [2.45, 2.75) is 0 Å². The van der Waals surface area contributed by atoms with Gasteiger partial charge in [0.2, 0.25) is 5.95 Å². The minimum Gasteiger partial charge on any atom is -0.366 e. The Bertz CT molecular complexity index is 608. The molecule has 0 radical (unpaired) electrons. The molecule has 0 aromatic carbocycles. The van der Waals surface area contributed by atoms with Crippen LogP contribution in [0.3, 0.4) is 0 Å². The molecule has 0 aliphatic heterocycles. The van der Waals surface area contributed by atoms with Gasteiger partial charge in [-0.25, -0.2) is 19.9 Å². The van der Waals surface area contributed by atoms with E-state index in [9.17, 15) is 0 Å². The topological polar surface area (TPSA) is 111 Å². The van der Waals surface area contributed by atoms with Gasteiger partial charge in [0.05, 0.1) is 6.33 Å². The van der Waals surface area contributed by atoms with Crippen molar-refractivity contribution in [1.29, 1.82) is 0 Å². The molecule has 3 N–H and O–H groups in total. The number of rotatable bonds is 1. The first kappa shape index (κ1) is 7.85. The normalized spacial score (nSPS) is 10.9. The first-order chi connectivity index (χ1) is 7.34. The van der Waals surface area contributed by atoms with Crippen LogP contribution in [0.4, 0.5) is 5.95 Å². The number of hydrogen-bond acceptors (Lipinski definition) is 6. The van der Waals surface area contributed by atoms with Crippen molar-refractivity contribution in [1.82, 2.24) is 34.7 Å². The second kappa shape index (κ2) is 2.74. The molecular formula is C7H6N8. The Hall–Kier alpha value is -2.51. The van der Waals surface area contributed by atoms with Gasteiger partial charge in [-0.1, -0.05) is 0 Å². The maximum Gasteiger partial charge on any atom is 0.239 e. The summed E-state index contributed by atoms with van der Waals surface area (Å²) in [5.41, 5.74) is 6.70. The number of nitrogens with zero attached hydrogens (tertiary/aromatic N) is 6. The number of imidazole rings is 1. The van der Waals surface area contributed by atoms with Gasteiger partial charge in [-0.3, -0.25) is 0 Å². The lowest BCUT2D eigenvalue weighted by Gasteiger charge is -1.98. The van der Waals surface area contributed by atoms with Gasteiger partial charge in [0.15, 0.2) is 11.5 Å². The van der Waals surface area contributed by atoms with Gasteiger partial charge in [0, 0.05) is 0 Å². The van der Waals surface area contributed by atoms with Crippen LogP contribution in [0, 0.1) is 0 Å². The van der Waals surface area contributed by atoms with E-state index in [1.807, 2.05) is 0 Å². The average Bonchev–Trinajstić information content (AvgIpc) is 2.84. The summed E-state index contributed by atoms with van der Waals surface area (Å²) < 4.78 is 1.47. The van der Waals surface area contributed by atoms with E-state index in [1.165, 1.54) is 17.3 Å². The molecule has 0 spiro atoms. The Morgan fingerprint density at radius 2 is 2.13 bits per heavy atom. The van der Waals surface area contributed by atoms with Crippen LogP contribution in [0.25, 0.3) is 17.0 Å². The number of anilines is 1. The second-order valence-corrected chi connectivity index (χ2v) is 2.85. The van der Waals surface area contributed by atoms with Crippen LogP contribution < -0.4 is 5.73 Å². The van der Waals surface area contributed by atoms with Gasteiger partial charge >= 0.3 is 0 Å². The molecule has 0 unspecified atom stereocenters. The fourth-order valence-electron chi connectivity index (χ4n) is 1.30. The van der Waals surface area contributed by atoms with Crippen molar-refractivity contribution in [3.8, 4) is 5.82 Å². The first-order valence-electron chi connectivity index (χ1n) is 4.16. The van der Waals surface area contributed by atoms with E-state index in [1.54, 1.807) is 6.33 Å². The summed E-state index contributed by atoms with van der Waals surface area (Å²) in [6.45, 7) is 0. The highest BCUT2D eigenvalue weighted by molar-refractivity contribution is 5.77. The molecule has 3 rings (SSSR count). The van der Waals surface area contributed by atoms with Crippen LogP contribution in [0.1, 0.15) is 0 Å². The number of H-pyrrole nitrogens is 1. The summed E-state index contributed by atoms with van der Waals surface area (Å²) in [7, 11) is 0. The van der Waals surface area contributed by atoms with E-state index >= 15 is 0 Å². The molecule has 15 heavy (non-hydrogen) atoms. The van der Waals surface area contributed by atoms with Gasteiger partial charge in [0.1, 0.15) is 18.2 Å². The standard InChI is InChI=1S/C7H6N8/c8-7-13-3-15(14-7)6-4-5(10-1-9-4)11-2-12-6/h1-3H,(H2,8,14)(H,9,10,11,12). The quantitative estimate of drug-likeness (QED) is 0.551. The highest BCUT2D eigenvalue weighted by Crippen LogP contribution is 2.12. The fraction of sp³-hybridized carbons (Fsp3) is 0. The van der Waals surface area contributed by atoms with Gasteiger partial charge in [0.25, 0.3) is 0 Å². The average molecular weight is 202 g/mol. The number of nitrogen functional groups attached to an aromatic ring is 1. The Kier molecular flexibility index (Phi) is 1.43. The van der Waals surface area contributed by atoms with Crippen LogP contribution in [0.15, 0.2) is 19.0 Å². The van der Waals surface area contributed by atoms with Gasteiger partial charge in [-0.2, -0.15) is 4.68 Å².